The average Bonchev–Trinajstić information content (AvgIpc) is 2.32. The fourth-order valence-electron chi connectivity index (χ4n) is 1.67. The highest BCUT2D eigenvalue weighted by molar-refractivity contribution is 7.84. The molecule has 1 rings (SSSR count). The predicted molar refractivity (Wildman–Crippen MR) is 75.7 cm³/mol. The predicted octanol–water partition coefficient (Wildman–Crippen LogP) is 2.94. The first-order valence-corrected chi connectivity index (χ1v) is 7.85. The summed E-state index contributed by atoms with van der Waals surface area (Å²) >= 11 is 0. The zero-order valence-corrected chi connectivity index (χ0v) is 12.3. The molecular weight excluding hydrogens is 249 g/mol. The molecule has 0 saturated carbocycles. The number of halogens is 1. The lowest BCUT2D eigenvalue weighted by Crippen LogP contribution is -2.24. The van der Waals surface area contributed by atoms with Crippen LogP contribution in [0, 0.1) is 12.7 Å². The molecule has 4 heteroatoms. The number of benzene rings is 1. The molecule has 2 nitrogen and oxygen atoms in total. The summed E-state index contributed by atoms with van der Waals surface area (Å²) in [5, 5.41) is 3.52. The maximum atomic E-state index is 13.4. The van der Waals surface area contributed by atoms with E-state index >= 15 is 0 Å². The molecule has 0 saturated heterocycles. The lowest BCUT2D eigenvalue weighted by atomic mass is 10.1. The summed E-state index contributed by atoms with van der Waals surface area (Å²) in [6.07, 6.45) is 2.59. The summed E-state index contributed by atoms with van der Waals surface area (Å²) in [6.45, 7) is 6.54. The van der Waals surface area contributed by atoms with E-state index in [1.54, 1.807) is 25.3 Å². The molecule has 0 amide bonds. The van der Waals surface area contributed by atoms with Crippen molar-refractivity contribution in [2.45, 2.75) is 38.5 Å². The van der Waals surface area contributed by atoms with E-state index in [2.05, 4.69) is 5.32 Å². The molecule has 1 aromatic carbocycles. The van der Waals surface area contributed by atoms with Crippen LogP contribution in [-0.2, 0) is 10.8 Å². The molecular formula is C14H22FNOS. The molecule has 3 atom stereocenters. The van der Waals surface area contributed by atoms with E-state index in [4.69, 9.17) is 0 Å². The second-order valence-electron chi connectivity index (χ2n) is 4.78. The molecule has 0 aliphatic heterocycles. The van der Waals surface area contributed by atoms with Crippen LogP contribution in [0.3, 0.4) is 0 Å². The first kappa shape index (κ1) is 15.3. The third kappa shape index (κ3) is 4.50. The van der Waals surface area contributed by atoms with Crippen molar-refractivity contribution in [2.75, 3.05) is 12.8 Å². The Morgan fingerprint density at radius 3 is 2.61 bits per heavy atom. The van der Waals surface area contributed by atoms with Crippen LogP contribution >= 0.6 is 0 Å². The molecule has 0 aliphatic carbocycles. The maximum Gasteiger partial charge on any atom is 0.126 e. The highest BCUT2D eigenvalue weighted by Gasteiger charge is 2.09. The van der Waals surface area contributed by atoms with Gasteiger partial charge >= 0.3 is 0 Å². The monoisotopic (exact) mass is 271 g/mol. The van der Waals surface area contributed by atoms with E-state index in [1.165, 1.54) is 0 Å². The molecule has 0 heterocycles. The van der Waals surface area contributed by atoms with Crippen LogP contribution in [0.15, 0.2) is 18.2 Å². The third-order valence-corrected chi connectivity index (χ3v) is 4.63. The third-order valence-electron chi connectivity index (χ3n) is 3.26. The van der Waals surface area contributed by atoms with Crippen molar-refractivity contribution in [3.63, 3.8) is 0 Å². The number of rotatable bonds is 6. The largest absolute Gasteiger partial charge is 0.310 e. The summed E-state index contributed by atoms with van der Waals surface area (Å²) in [5.41, 5.74) is 1.62. The normalized spacial score (nSPS) is 16.3. The number of hydrogen-bond acceptors (Lipinski definition) is 2. The Morgan fingerprint density at radius 2 is 2.06 bits per heavy atom. The number of hydrogen-bond donors (Lipinski definition) is 1. The summed E-state index contributed by atoms with van der Waals surface area (Å²) in [6, 6.07) is 5.43. The van der Waals surface area contributed by atoms with Gasteiger partial charge in [-0.05, 0) is 44.0 Å². The van der Waals surface area contributed by atoms with Gasteiger partial charge in [-0.3, -0.25) is 4.21 Å². The summed E-state index contributed by atoms with van der Waals surface area (Å²) in [4.78, 5) is 0. The van der Waals surface area contributed by atoms with Crippen LogP contribution in [0.1, 0.15) is 37.4 Å². The van der Waals surface area contributed by atoms with Crippen LogP contribution in [0.4, 0.5) is 4.39 Å². The minimum Gasteiger partial charge on any atom is -0.310 e. The van der Waals surface area contributed by atoms with Crippen LogP contribution in [0.25, 0.3) is 0 Å². The van der Waals surface area contributed by atoms with E-state index < -0.39 is 10.8 Å². The van der Waals surface area contributed by atoms with Crippen molar-refractivity contribution in [2.24, 2.45) is 0 Å². The minimum absolute atomic E-state index is 0.109. The number of nitrogens with one attached hydrogen (secondary N) is 1. The maximum absolute atomic E-state index is 13.4. The molecule has 0 aliphatic rings. The Labute approximate surface area is 111 Å². The van der Waals surface area contributed by atoms with Crippen molar-refractivity contribution in [3.05, 3.63) is 35.1 Å². The van der Waals surface area contributed by atoms with Gasteiger partial charge in [0.15, 0.2) is 0 Å². The van der Waals surface area contributed by atoms with Crippen molar-refractivity contribution < 1.29 is 8.60 Å². The standard InChI is InChI=1S/C14H22FNOS/c1-10-5-6-13(9-14(10)15)12(3)16-8-7-11(2)18(4)17/h5-6,9,11-12,16H,7-8H2,1-4H3. The van der Waals surface area contributed by atoms with E-state index in [1.807, 2.05) is 19.9 Å². The number of aryl methyl sites for hydroxylation is 1. The van der Waals surface area contributed by atoms with Gasteiger partial charge in [0.1, 0.15) is 5.82 Å². The second kappa shape index (κ2) is 7.00. The Kier molecular flexibility index (Phi) is 5.96. The molecule has 18 heavy (non-hydrogen) atoms. The lowest BCUT2D eigenvalue weighted by Gasteiger charge is -2.16. The van der Waals surface area contributed by atoms with Crippen LogP contribution in [-0.4, -0.2) is 22.3 Å². The van der Waals surface area contributed by atoms with Gasteiger partial charge in [-0.2, -0.15) is 0 Å². The molecule has 0 spiro atoms. The van der Waals surface area contributed by atoms with E-state index in [0.29, 0.717) is 5.56 Å². The molecule has 0 aromatic heterocycles. The second-order valence-corrected chi connectivity index (χ2v) is 6.58. The molecule has 0 bridgehead atoms. The van der Waals surface area contributed by atoms with Crippen molar-refractivity contribution >= 4 is 10.8 Å². The van der Waals surface area contributed by atoms with Crippen molar-refractivity contribution in [1.29, 1.82) is 0 Å². The Hall–Kier alpha value is -0.740. The molecule has 1 N–H and O–H groups in total. The van der Waals surface area contributed by atoms with Crippen molar-refractivity contribution in [3.8, 4) is 0 Å². The topological polar surface area (TPSA) is 29.1 Å². The molecule has 102 valence electrons. The van der Waals surface area contributed by atoms with Crippen LogP contribution < -0.4 is 5.32 Å². The van der Waals surface area contributed by atoms with Gasteiger partial charge in [0.25, 0.3) is 0 Å². The lowest BCUT2D eigenvalue weighted by molar-refractivity contribution is 0.547. The molecule has 0 radical (unpaired) electrons. The van der Waals surface area contributed by atoms with E-state index in [9.17, 15) is 8.60 Å². The van der Waals surface area contributed by atoms with E-state index in [0.717, 1.165) is 18.5 Å². The summed E-state index contributed by atoms with van der Waals surface area (Å²) in [5.74, 6) is -0.163. The van der Waals surface area contributed by atoms with E-state index in [-0.39, 0.29) is 17.1 Å². The first-order valence-electron chi connectivity index (χ1n) is 6.23. The van der Waals surface area contributed by atoms with Gasteiger partial charge in [0.05, 0.1) is 0 Å². The highest BCUT2D eigenvalue weighted by atomic mass is 32.2. The van der Waals surface area contributed by atoms with Gasteiger partial charge in [0, 0.05) is 28.3 Å². The zero-order valence-electron chi connectivity index (χ0n) is 11.5. The molecule has 0 fully saturated rings. The average molecular weight is 271 g/mol. The Bertz CT molecular complexity index is 422. The fraction of sp³-hybridized carbons (Fsp3) is 0.571. The Morgan fingerprint density at radius 1 is 1.39 bits per heavy atom. The minimum atomic E-state index is -0.776. The molecule has 1 aromatic rings. The highest BCUT2D eigenvalue weighted by Crippen LogP contribution is 2.16. The van der Waals surface area contributed by atoms with Crippen LogP contribution in [0.5, 0.6) is 0 Å². The van der Waals surface area contributed by atoms with Gasteiger partial charge in [0.2, 0.25) is 0 Å². The quantitative estimate of drug-likeness (QED) is 0.862. The van der Waals surface area contributed by atoms with Gasteiger partial charge < -0.3 is 5.32 Å². The smallest absolute Gasteiger partial charge is 0.126 e. The fourth-order valence-corrected chi connectivity index (χ4v) is 2.12. The van der Waals surface area contributed by atoms with Gasteiger partial charge in [-0.25, -0.2) is 4.39 Å². The van der Waals surface area contributed by atoms with Gasteiger partial charge in [-0.15, -0.1) is 0 Å². The summed E-state index contributed by atoms with van der Waals surface area (Å²) < 4.78 is 24.6. The first-order chi connectivity index (χ1) is 8.41. The van der Waals surface area contributed by atoms with Crippen molar-refractivity contribution in [1.82, 2.24) is 5.32 Å². The van der Waals surface area contributed by atoms with Gasteiger partial charge in [-0.1, -0.05) is 19.1 Å². The molecule has 3 unspecified atom stereocenters. The zero-order chi connectivity index (χ0) is 13.7. The van der Waals surface area contributed by atoms with Crippen LogP contribution in [0.2, 0.25) is 0 Å². The summed E-state index contributed by atoms with van der Waals surface area (Å²) in [7, 11) is -0.776. The Balaban J connectivity index is 2.47. The SMILES string of the molecule is Cc1ccc(C(C)NCCC(C)S(C)=O)cc1F.